The third kappa shape index (κ3) is 1.82. The maximum Gasteiger partial charge on any atom is 0.183 e. The highest BCUT2D eigenvalue weighted by molar-refractivity contribution is 9.11. The average Bonchev–Trinajstić information content (AvgIpc) is 2.57. The van der Waals surface area contributed by atoms with Crippen molar-refractivity contribution in [3.63, 3.8) is 0 Å². The number of halogens is 2. The Morgan fingerprint density at radius 1 is 1.36 bits per heavy atom. The topological polar surface area (TPSA) is 25.8 Å². The molecule has 0 saturated carbocycles. The van der Waals surface area contributed by atoms with Gasteiger partial charge in [-0.15, -0.1) is 10.2 Å². The van der Waals surface area contributed by atoms with Gasteiger partial charge < -0.3 is 0 Å². The quantitative estimate of drug-likeness (QED) is 0.795. The SMILES string of the molecule is Cc1cccc(-c2nnc(Br)s2)c1Cl. The summed E-state index contributed by atoms with van der Waals surface area (Å²) >= 11 is 10.9. The van der Waals surface area contributed by atoms with Crippen LogP contribution in [0.4, 0.5) is 0 Å². The minimum atomic E-state index is 0.746. The fourth-order valence-corrected chi connectivity index (χ4v) is 2.54. The number of nitrogens with zero attached hydrogens (tertiary/aromatic N) is 2. The molecule has 0 spiro atoms. The van der Waals surface area contributed by atoms with Gasteiger partial charge in [0.15, 0.2) is 3.92 Å². The molecule has 0 radical (unpaired) electrons. The fraction of sp³-hybridized carbons (Fsp3) is 0.111. The van der Waals surface area contributed by atoms with Gasteiger partial charge in [0.1, 0.15) is 5.01 Å². The third-order valence-corrected chi connectivity index (χ3v) is 3.71. The molecule has 0 saturated heterocycles. The van der Waals surface area contributed by atoms with Crippen molar-refractivity contribution in [1.29, 1.82) is 0 Å². The first kappa shape index (κ1) is 10.1. The van der Waals surface area contributed by atoms with Gasteiger partial charge in [0.2, 0.25) is 0 Å². The lowest BCUT2D eigenvalue weighted by Gasteiger charge is -2.01. The van der Waals surface area contributed by atoms with Crippen molar-refractivity contribution in [2.75, 3.05) is 0 Å². The standard InChI is InChI=1S/C9H6BrClN2S/c1-5-3-2-4-6(7(5)11)8-12-13-9(10)14-8/h2-4H,1H3. The van der Waals surface area contributed by atoms with E-state index in [1.165, 1.54) is 11.3 Å². The van der Waals surface area contributed by atoms with Crippen LogP contribution in [-0.2, 0) is 0 Å². The highest BCUT2D eigenvalue weighted by Gasteiger charge is 2.09. The maximum atomic E-state index is 6.16. The fourth-order valence-electron chi connectivity index (χ4n) is 1.13. The monoisotopic (exact) mass is 288 g/mol. The van der Waals surface area contributed by atoms with Crippen LogP contribution < -0.4 is 0 Å². The molecule has 0 N–H and O–H groups in total. The van der Waals surface area contributed by atoms with Crippen LogP contribution in [0.3, 0.4) is 0 Å². The molecule has 2 aromatic rings. The minimum Gasteiger partial charge on any atom is -0.137 e. The molecule has 1 aromatic carbocycles. The summed E-state index contributed by atoms with van der Waals surface area (Å²) in [6.07, 6.45) is 0. The van der Waals surface area contributed by atoms with E-state index in [1.54, 1.807) is 0 Å². The van der Waals surface area contributed by atoms with Gasteiger partial charge in [-0.05, 0) is 28.4 Å². The van der Waals surface area contributed by atoms with Gasteiger partial charge in [-0.3, -0.25) is 0 Å². The first-order valence-electron chi connectivity index (χ1n) is 3.93. The van der Waals surface area contributed by atoms with E-state index in [9.17, 15) is 0 Å². The maximum absolute atomic E-state index is 6.16. The molecule has 0 fully saturated rings. The van der Waals surface area contributed by atoms with Crippen LogP contribution in [0, 0.1) is 6.92 Å². The Morgan fingerprint density at radius 2 is 2.14 bits per heavy atom. The Kier molecular flexibility index (Phi) is 2.85. The second-order valence-corrected chi connectivity index (χ2v) is 5.43. The van der Waals surface area contributed by atoms with Crippen molar-refractivity contribution in [2.45, 2.75) is 6.92 Å². The van der Waals surface area contributed by atoms with Crippen molar-refractivity contribution < 1.29 is 0 Å². The molecule has 0 bridgehead atoms. The molecule has 1 aromatic heterocycles. The molecule has 5 heteroatoms. The molecule has 0 unspecified atom stereocenters. The van der Waals surface area contributed by atoms with Crippen molar-refractivity contribution in [3.8, 4) is 10.6 Å². The summed E-state index contributed by atoms with van der Waals surface area (Å²) in [5.74, 6) is 0. The molecule has 1 heterocycles. The molecule has 0 aliphatic rings. The smallest absolute Gasteiger partial charge is 0.137 e. The number of rotatable bonds is 1. The van der Waals surface area contributed by atoms with E-state index in [4.69, 9.17) is 11.6 Å². The van der Waals surface area contributed by atoms with Gasteiger partial charge in [0.25, 0.3) is 0 Å². The molecule has 0 aliphatic heterocycles. The van der Waals surface area contributed by atoms with Gasteiger partial charge in [-0.2, -0.15) is 0 Å². The second-order valence-electron chi connectivity index (χ2n) is 2.80. The van der Waals surface area contributed by atoms with Crippen molar-refractivity contribution in [2.24, 2.45) is 0 Å². The van der Waals surface area contributed by atoms with Crippen LogP contribution in [-0.4, -0.2) is 10.2 Å². The van der Waals surface area contributed by atoms with Crippen LogP contribution in [0.25, 0.3) is 10.6 Å². The Balaban J connectivity index is 2.57. The van der Waals surface area contributed by atoms with Gasteiger partial charge in [-0.1, -0.05) is 41.1 Å². The number of hydrogen-bond acceptors (Lipinski definition) is 3. The predicted octanol–water partition coefficient (Wildman–Crippen LogP) is 3.93. The van der Waals surface area contributed by atoms with Crippen LogP contribution in [0.5, 0.6) is 0 Å². The number of benzene rings is 1. The first-order valence-corrected chi connectivity index (χ1v) is 5.91. The summed E-state index contributed by atoms with van der Waals surface area (Å²) in [4.78, 5) is 0. The van der Waals surface area contributed by atoms with E-state index < -0.39 is 0 Å². The van der Waals surface area contributed by atoms with E-state index >= 15 is 0 Å². The van der Waals surface area contributed by atoms with Gasteiger partial charge in [-0.25, -0.2) is 0 Å². The normalized spacial score (nSPS) is 10.5. The lowest BCUT2D eigenvalue weighted by atomic mass is 10.1. The molecule has 0 atom stereocenters. The zero-order valence-corrected chi connectivity index (χ0v) is 10.4. The third-order valence-electron chi connectivity index (χ3n) is 1.82. The first-order chi connectivity index (χ1) is 6.68. The number of aromatic nitrogens is 2. The molecule has 2 nitrogen and oxygen atoms in total. The van der Waals surface area contributed by atoms with Gasteiger partial charge >= 0.3 is 0 Å². The number of hydrogen-bond donors (Lipinski definition) is 0. The van der Waals surface area contributed by atoms with Crippen LogP contribution in [0.15, 0.2) is 22.1 Å². The molecule has 0 aliphatic carbocycles. The van der Waals surface area contributed by atoms with E-state index in [0.29, 0.717) is 0 Å². The Hall–Kier alpha value is -0.450. The lowest BCUT2D eigenvalue weighted by molar-refractivity contribution is 1.07. The predicted molar refractivity (Wildman–Crippen MR) is 62.8 cm³/mol. The molecular formula is C9H6BrClN2S. The van der Waals surface area contributed by atoms with Gasteiger partial charge in [0.05, 0.1) is 5.02 Å². The lowest BCUT2D eigenvalue weighted by Crippen LogP contribution is -1.81. The van der Waals surface area contributed by atoms with Crippen molar-refractivity contribution in [3.05, 3.63) is 32.7 Å². The summed E-state index contributed by atoms with van der Waals surface area (Å²) in [6.45, 7) is 1.97. The van der Waals surface area contributed by atoms with Crippen LogP contribution in [0.1, 0.15) is 5.56 Å². The molecule has 0 amide bonds. The summed E-state index contributed by atoms with van der Waals surface area (Å²) in [5.41, 5.74) is 1.99. The Labute approximate surface area is 99.1 Å². The molecule has 2 rings (SSSR count). The highest BCUT2D eigenvalue weighted by atomic mass is 79.9. The minimum absolute atomic E-state index is 0.746. The molecule has 72 valence electrons. The zero-order chi connectivity index (χ0) is 10.1. The van der Waals surface area contributed by atoms with E-state index in [0.717, 1.165) is 25.1 Å². The summed E-state index contributed by atoms with van der Waals surface area (Å²) in [7, 11) is 0. The molecule has 14 heavy (non-hydrogen) atoms. The summed E-state index contributed by atoms with van der Waals surface area (Å²) < 4.78 is 0.769. The number of aryl methyl sites for hydroxylation is 1. The van der Waals surface area contributed by atoms with Crippen molar-refractivity contribution >= 4 is 38.9 Å². The summed E-state index contributed by atoms with van der Waals surface area (Å²) in [5, 5.41) is 9.50. The van der Waals surface area contributed by atoms with Gasteiger partial charge in [0, 0.05) is 5.56 Å². The average molecular weight is 290 g/mol. The largest absolute Gasteiger partial charge is 0.183 e. The summed E-state index contributed by atoms with van der Waals surface area (Å²) in [6, 6.07) is 5.88. The van der Waals surface area contributed by atoms with E-state index in [2.05, 4.69) is 26.1 Å². The van der Waals surface area contributed by atoms with Crippen LogP contribution >= 0.6 is 38.9 Å². The van der Waals surface area contributed by atoms with E-state index in [-0.39, 0.29) is 0 Å². The highest BCUT2D eigenvalue weighted by Crippen LogP contribution is 2.33. The Bertz CT molecular complexity index is 470. The van der Waals surface area contributed by atoms with E-state index in [1.807, 2.05) is 25.1 Å². The Morgan fingerprint density at radius 3 is 2.79 bits per heavy atom. The second kappa shape index (κ2) is 3.96. The zero-order valence-electron chi connectivity index (χ0n) is 7.29. The van der Waals surface area contributed by atoms with Crippen molar-refractivity contribution in [1.82, 2.24) is 10.2 Å². The van der Waals surface area contributed by atoms with Crippen LogP contribution in [0.2, 0.25) is 5.02 Å². The molecular weight excluding hydrogens is 284 g/mol.